The lowest BCUT2D eigenvalue weighted by Gasteiger charge is -2.32. The Morgan fingerprint density at radius 3 is 2.70 bits per heavy atom. The van der Waals surface area contributed by atoms with Crippen LogP contribution in [0.15, 0.2) is 29.9 Å². The summed E-state index contributed by atoms with van der Waals surface area (Å²) in [5.41, 5.74) is 2.44. The number of fused-ring (bicyclic) bond motifs is 1. The molecule has 164 valence electrons. The second kappa shape index (κ2) is 10.3. The molecule has 0 aliphatic carbocycles. The van der Waals surface area contributed by atoms with Crippen LogP contribution in [0.2, 0.25) is 0 Å². The van der Waals surface area contributed by atoms with Gasteiger partial charge in [0.15, 0.2) is 5.78 Å². The van der Waals surface area contributed by atoms with E-state index in [0.29, 0.717) is 17.9 Å². The van der Waals surface area contributed by atoms with Crippen LogP contribution in [0.5, 0.6) is 11.5 Å². The Hall–Kier alpha value is -2.11. The maximum atomic E-state index is 12.2. The number of morpholine rings is 1. The Bertz CT molecular complexity index is 804. The van der Waals surface area contributed by atoms with E-state index in [-0.39, 0.29) is 11.4 Å². The predicted molar refractivity (Wildman–Crippen MR) is 121 cm³/mol. The third-order valence-corrected chi connectivity index (χ3v) is 5.64. The molecule has 5 nitrogen and oxygen atoms in total. The predicted octanol–water partition coefficient (Wildman–Crippen LogP) is 4.90. The minimum atomic E-state index is -0.357. The van der Waals surface area contributed by atoms with Gasteiger partial charge in [-0.1, -0.05) is 11.6 Å². The van der Waals surface area contributed by atoms with E-state index in [1.165, 1.54) is 5.57 Å². The Labute approximate surface area is 180 Å². The number of nitrogens with zero attached hydrogens (tertiary/aromatic N) is 1. The number of hydrogen-bond acceptors (Lipinski definition) is 5. The fourth-order valence-corrected chi connectivity index (χ4v) is 3.87. The van der Waals surface area contributed by atoms with Crippen molar-refractivity contribution in [1.29, 1.82) is 0 Å². The van der Waals surface area contributed by atoms with Crippen LogP contribution in [0.1, 0.15) is 62.9 Å². The van der Waals surface area contributed by atoms with Crippen molar-refractivity contribution in [2.45, 2.75) is 52.6 Å². The van der Waals surface area contributed by atoms with Gasteiger partial charge < -0.3 is 14.2 Å². The Morgan fingerprint density at radius 1 is 1.23 bits per heavy atom. The molecule has 3 rings (SSSR count). The van der Waals surface area contributed by atoms with Crippen LogP contribution in [0.25, 0.3) is 6.08 Å². The van der Waals surface area contributed by atoms with Gasteiger partial charge in [-0.3, -0.25) is 9.69 Å². The van der Waals surface area contributed by atoms with Gasteiger partial charge in [0.25, 0.3) is 0 Å². The van der Waals surface area contributed by atoms with Gasteiger partial charge in [-0.05, 0) is 71.2 Å². The summed E-state index contributed by atoms with van der Waals surface area (Å²) in [6, 6.07) is 3.73. The SMILES string of the molecule is CC(=O)c1ccc2c(c1OCCCN1CCOCC1)C=CC(C)(CCC=C(C)C)O2. The van der Waals surface area contributed by atoms with Gasteiger partial charge in [-0.2, -0.15) is 0 Å². The highest BCUT2D eigenvalue weighted by atomic mass is 16.5. The summed E-state index contributed by atoms with van der Waals surface area (Å²) in [5, 5.41) is 0. The number of Topliss-reactive ketones (excluding diaryl/α,β-unsaturated/α-hetero) is 1. The van der Waals surface area contributed by atoms with Crippen LogP contribution >= 0.6 is 0 Å². The van der Waals surface area contributed by atoms with Gasteiger partial charge in [-0.15, -0.1) is 0 Å². The van der Waals surface area contributed by atoms with E-state index in [9.17, 15) is 4.79 Å². The summed E-state index contributed by atoms with van der Waals surface area (Å²) in [7, 11) is 0. The van der Waals surface area contributed by atoms with Crippen LogP contribution in [-0.4, -0.2) is 55.7 Å². The molecule has 2 aliphatic rings. The van der Waals surface area contributed by atoms with Crippen LogP contribution < -0.4 is 9.47 Å². The van der Waals surface area contributed by atoms with Gasteiger partial charge in [0.1, 0.15) is 17.1 Å². The molecule has 1 aromatic rings. The highest BCUT2D eigenvalue weighted by molar-refractivity contribution is 5.98. The van der Waals surface area contributed by atoms with E-state index in [1.807, 2.05) is 12.1 Å². The number of allylic oxidation sites excluding steroid dienone is 2. The first kappa shape index (κ1) is 22.6. The van der Waals surface area contributed by atoms with Gasteiger partial charge in [0, 0.05) is 19.6 Å². The van der Waals surface area contributed by atoms with Crippen molar-refractivity contribution in [3.05, 3.63) is 41.0 Å². The van der Waals surface area contributed by atoms with E-state index >= 15 is 0 Å². The van der Waals surface area contributed by atoms with Crippen LogP contribution in [0.3, 0.4) is 0 Å². The fraction of sp³-hybridized carbons (Fsp3) is 0.560. The van der Waals surface area contributed by atoms with Gasteiger partial charge in [0.05, 0.1) is 30.9 Å². The molecule has 1 atom stereocenters. The zero-order valence-electron chi connectivity index (χ0n) is 18.8. The summed E-state index contributed by atoms with van der Waals surface area (Å²) >= 11 is 0. The van der Waals surface area contributed by atoms with Crippen LogP contribution in [-0.2, 0) is 4.74 Å². The zero-order chi connectivity index (χ0) is 21.6. The lowest BCUT2D eigenvalue weighted by atomic mass is 9.93. The van der Waals surface area contributed by atoms with E-state index in [4.69, 9.17) is 14.2 Å². The van der Waals surface area contributed by atoms with Crippen molar-refractivity contribution < 1.29 is 19.0 Å². The fourth-order valence-electron chi connectivity index (χ4n) is 3.87. The number of hydrogen-bond donors (Lipinski definition) is 0. The average Bonchev–Trinajstić information content (AvgIpc) is 2.71. The molecule has 0 saturated carbocycles. The first-order valence-corrected chi connectivity index (χ1v) is 11.0. The summed E-state index contributed by atoms with van der Waals surface area (Å²) in [5.74, 6) is 1.43. The lowest BCUT2D eigenvalue weighted by molar-refractivity contribution is 0.0357. The number of ketones is 1. The van der Waals surface area contributed by atoms with Gasteiger partial charge >= 0.3 is 0 Å². The summed E-state index contributed by atoms with van der Waals surface area (Å²) in [6.07, 6.45) is 9.17. The van der Waals surface area contributed by atoms with Crippen molar-refractivity contribution in [3.63, 3.8) is 0 Å². The average molecular weight is 414 g/mol. The van der Waals surface area contributed by atoms with Gasteiger partial charge in [-0.25, -0.2) is 0 Å². The maximum absolute atomic E-state index is 12.2. The second-order valence-electron chi connectivity index (χ2n) is 8.63. The third kappa shape index (κ3) is 5.96. The standard InChI is InChI=1S/C25H35NO4/c1-19(2)7-5-11-25(4)12-10-22-23(30-25)9-8-21(20(3)27)24(22)29-16-6-13-26-14-17-28-18-15-26/h7-10,12H,5-6,11,13-18H2,1-4H3. The number of carbonyl (C=O) groups excluding carboxylic acids is 1. The molecule has 0 aromatic heterocycles. The van der Waals surface area contributed by atoms with E-state index in [2.05, 4.69) is 43.9 Å². The number of benzene rings is 1. The van der Waals surface area contributed by atoms with E-state index in [0.717, 1.165) is 63.4 Å². The first-order valence-electron chi connectivity index (χ1n) is 11.0. The van der Waals surface area contributed by atoms with Crippen molar-refractivity contribution in [3.8, 4) is 11.5 Å². The molecule has 1 unspecified atom stereocenters. The van der Waals surface area contributed by atoms with Gasteiger partial charge in [0.2, 0.25) is 0 Å². The van der Waals surface area contributed by atoms with Crippen LogP contribution in [0, 0.1) is 0 Å². The summed E-state index contributed by atoms with van der Waals surface area (Å²) in [6.45, 7) is 13.0. The minimum absolute atomic E-state index is 0.00581. The quantitative estimate of drug-likeness (QED) is 0.327. The molecule has 5 heteroatoms. The molecule has 0 bridgehead atoms. The summed E-state index contributed by atoms with van der Waals surface area (Å²) < 4.78 is 17.9. The monoisotopic (exact) mass is 413 g/mol. The number of ether oxygens (including phenoxy) is 3. The smallest absolute Gasteiger partial charge is 0.163 e. The molecule has 0 radical (unpaired) electrons. The van der Waals surface area contributed by atoms with Crippen molar-refractivity contribution >= 4 is 11.9 Å². The van der Waals surface area contributed by atoms with Crippen LogP contribution in [0.4, 0.5) is 0 Å². The zero-order valence-corrected chi connectivity index (χ0v) is 18.8. The summed E-state index contributed by atoms with van der Waals surface area (Å²) in [4.78, 5) is 14.6. The molecule has 1 fully saturated rings. The van der Waals surface area contributed by atoms with Crippen molar-refractivity contribution in [1.82, 2.24) is 4.90 Å². The molecule has 0 N–H and O–H groups in total. The Balaban J connectivity index is 1.69. The molecule has 0 amide bonds. The molecule has 1 aromatic carbocycles. The van der Waals surface area contributed by atoms with Crippen molar-refractivity contribution in [2.75, 3.05) is 39.5 Å². The molecule has 2 heterocycles. The molecule has 1 saturated heterocycles. The number of rotatable bonds is 9. The van der Waals surface area contributed by atoms with E-state index < -0.39 is 0 Å². The highest BCUT2D eigenvalue weighted by Gasteiger charge is 2.29. The normalized spacial score (nSPS) is 20.9. The topological polar surface area (TPSA) is 48.0 Å². The highest BCUT2D eigenvalue weighted by Crippen LogP contribution is 2.40. The Kier molecular flexibility index (Phi) is 7.73. The Morgan fingerprint density at radius 2 is 2.00 bits per heavy atom. The molecular formula is C25H35NO4. The van der Waals surface area contributed by atoms with E-state index in [1.54, 1.807) is 6.92 Å². The van der Waals surface area contributed by atoms with Crippen molar-refractivity contribution in [2.24, 2.45) is 0 Å². The molecule has 0 spiro atoms. The maximum Gasteiger partial charge on any atom is 0.163 e. The number of carbonyl (C=O) groups is 1. The molecule has 30 heavy (non-hydrogen) atoms. The minimum Gasteiger partial charge on any atom is -0.492 e. The molecular weight excluding hydrogens is 378 g/mol. The largest absolute Gasteiger partial charge is 0.492 e. The third-order valence-electron chi connectivity index (χ3n) is 5.64. The molecule has 2 aliphatic heterocycles. The first-order chi connectivity index (χ1) is 14.4. The lowest BCUT2D eigenvalue weighted by Crippen LogP contribution is -2.37. The second-order valence-corrected chi connectivity index (χ2v) is 8.63.